The Morgan fingerprint density at radius 2 is 2.12 bits per heavy atom. The molecule has 3 heteroatoms. The third kappa shape index (κ3) is 1.96. The molecule has 0 bridgehead atoms. The minimum Gasteiger partial charge on any atom is -0.330 e. The van der Waals surface area contributed by atoms with Crippen LogP contribution in [0.3, 0.4) is 0 Å². The number of nitrogens with two attached hydrogens (primary N) is 1. The van der Waals surface area contributed by atoms with E-state index >= 15 is 0 Å². The van der Waals surface area contributed by atoms with E-state index in [9.17, 15) is 8.78 Å². The first-order valence-corrected chi connectivity index (χ1v) is 5.63. The molecule has 1 nitrogen and oxygen atoms in total. The van der Waals surface area contributed by atoms with Gasteiger partial charge >= 0.3 is 0 Å². The van der Waals surface area contributed by atoms with Gasteiger partial charge < -0.3 is 5.73 Å². The molecule has 1 saturated carbocycles. The van der Waals surface area contributed by atoms with Gasteiger partial charge in [-0.25, -0.2) is 8.78 Å². The molecule has 1 fully saturated rings. The SMILES string of the molecule is CC1(F)CCC(CN)(c2cccc(F)c2)C1. The third-order valence-electron chi connectivity index (χ3n) is 3.66. The van der Waals surface area contributed by atoms with Crippen molar-refractivity contribution in [3.63, 3.8) is 0 Å². The zero-order chi connectivity index (χ0) is 11.8. The predicted octanol–water partition coefficient (Wildman–Crippen LogP) is 2.93. The van der Waals surface area contributed by atoms with E-state index in [1.165, 1.54) is 12.1 Å². The van der Waals surface area contributed by atoms with Gasteiger partial charge in [0.25, 0.3) is 0 Å². The molecule has 2 N–H and O–H groups in total. The molecule has 1 aromatic rings. The van der Waals surface area contributed by atoms with E-state index in [4.69, 9.17) is 5.73 Å². The Balaban J connectivity index is 2.36. The lowest BCUT2D eigenvalue weighted by molar-refractivity contribution is 0.187. The third-order valence-corrected chi connectivity index (χ3v) is 3.66. The summed E-state index contributed by atoms with van der Waals surface area (Å²) in [6.45, 7) is 1.97. The second-order valence-electron chi connectivity index (χ2n) is 5.08. The Kier molecular flexibility index (Phi) is 2.74. The molecular formula is C13H17F2N. The Hall–Kier alpha value is -0.960. The van der Waals surface area contributed by atoms with Crippen molar-refractivity contribution >= 4 is 0 Å². The second-order valence-corrected chi connectivity index (χ2v) is 5.08. The van der Waals surface area contributed by atoms with E-state index in [1.54, 1.807) is 13.0 Å². The Bertz CT molecular complexity index is 389. The van der Waals surface area contributed by atoms with Crippen LogP contribution in [0.4, 0.5) is 8.78 Å². The lowest BCUT2D eigenvalue weighted by Gasteiger charge is -2.29. The molecule has 1 aliphatic carbocycles. The summed E-state index contributed by atoms with van der Waals surface area (Å²) >= 11 is 0. The van der Waals surface area contributed by atoms with Crippen molar-refractivity contribution in [1.29, 1.82) is 0 Å². The van der Waals surface area contributed by atoms with Gasteiger partial charge in [0.2, 0.25) is 0 Å². The fourth-order valence-corrected chi connectivity index (χ4v) is 2.74. The highest BCUT2D eigenvalue weighted by Gasteiger charge is 2.46. The van der Waals surface area contributed by atoms with Crippen molar-refractivity contribution in [1.82, 2.24) is 0 Å². The maximum atomic E-state index is 13.9. The summed E-state index contributed by atoms with van der Waals surface area (Å²) in [6, 6.07) is 6.39. The molecular weight excluding hydrogens is 208 g/mol. The highest BCUT2D eigenvalue weighted by atomic mass is 19.1. The zero-order valence-corrected chi connectivity index (χ0v) is 9.47. The number of halogens is 2. The Morgan fingerprint density at radius 3 is 2.62 bits per heavy atom. The minimum absolute atomic E-state index is 0.280. The molecule has 0 saturated heterocycles. The topological polar surface area (TPSA) is 26.0 Å². The van der Waals surface area contributed by atoms with E-state index in [0.717, 1.165) is 5.56 Å². The first kappa shape index (κ1) is 11.5. The monoisotopic (exact) mass is 225 g/mol. The van der Waals surface area contributed by atoms with Crippen LogP contribution in [0.1, 0.15) is 31.7 Å². The summed E-state index contributed by atoms with van der Waals surface area (Å²) in [5, 5.41) is 0. The molecule has 0 heterocycles. The molecule has 1 aliphatic rings. The molecule has 2 rings (SSSR count). The fraction of sp³-hybridized carbons (Fsp3) is 0.538. The maximum absolute atomic E-state index is 13.9. The molecule has 0 aliphatic heterocycles. The van der Waals surface area contributed by atoms with Crippen molar-refractivity contribution in [3.8, 4) is 0 Å². The molecule has 0 amide bonds. The summed E-state index contributed by atoms with van der Waals surface area (Å²) in [5.41, 5.74) is 5.05. The van der Waals surface area contributed by atoms with Crippen LogP contribution in [-0.2, 0) is 5.41 Å². The second kappa shape index (κ2) is 3.81. The molecule has 0 aromatic heterocycles. The first-order valence-electron chi connectivity index (χ1n) is 5.63. The van der Waals surface area contributed by atoms with Gasteiger partial charge in [-0.3, -0.25) is 0 Å². The van der Waals surface area contributed by atoms with Crippen molar-refractivity contribution < 1.29 is 8.78 Å². The van der Waals surface area contributed by atoms with Gasteiger partial charge in [-0.1, -0.05) is 12.1 Å². The predicted molar refractivity (Wildman–Crippen MR) is 60.5 cm³/mol. The van der Waals surface area contributed by atoms with Crippen molar-refractivity contribution in [2.75, 3.05) is 6.54 Å². The summed E-state index contributed by atoms with van der Waals surface area (Å²) in [6.07, 6.45) is 1.58. The van der Waals surface area contributed by atoms with E-state index < -0.39 is 5.67 Å². The van der Waals surface area contributed by atoms with E-state index in [0.29, 0.717) is 25.8 Å². The zero-order valence-electron chi connectivity index (χ0n) is 9.47. The van der Waals surface area contributed by atoms with Crippen LogP contribution in [0.2, 0.25) is 0 Å². The standard InChI is InChI=1S/C13H17F2N/c1-12(15)5-6-13(8-12,9-16)10-3-2-4-11(14)7-10/h2-4,7H,5-6,8-9,16H2,1H3. The lowest BCUT2D eigenvalue weighted by Crippen LogP contribution is -2.34. The smallest absolute Gasteiger partial charge is 0.123 e. The van der Waals surface area contributed by atoms with E-state index in [2.05, 4.69) is 0 Å². The summed E-state index contributed by atoms with van der Waals surface area (Å²) in [5.74, 6) is -0.280. The Labute approximate surface area is 94.7 Å². The van der Waals surface area contributed by atoms with Gasteiger partial charge in [-0.2, -0.15) is 0 Å². The number of hydrogen-bond acceptors (Lipinski definition) is 1. The van der Waals surface area contributed by atoms with E-state index in [1.807, 2.05) is 6.07 Å². The van der Waals surface area contributed by atoms with Crippen molar-refractivity contribution in [2.24, 2.45) is 5.73 Å². The molecule has 1 aromatic carbocycles. The molecule has 0 radical (unpaired) electrons. The van der Waals surface area contributed by atoms with Crippen LogP contribution in [0.5, 0.6) is 0 Å². The normalized spacial score (nSPS) is 34.2. The van der Waals surface area contributed by atoms with Crippen LogP contribution in [0.15, 0.2) is 24.3 Å². The van der Waals surface area contributed by atoms with Gasteiger partial charge in [-0.15, -0.1) is 0 Å². The van der Waals surface area contributed by atoms with Crippen LogP contribution >= 0.6 is 0 Å². The average Bonchev–Trinajstić information content (AvgIpc) is 2.56. The average molecular weight is 225 g/mol. The van der Waals surface area contributed by atoms with Crippen LogP contribution < -0.4 is 5.73 Å². The summed E-state index contributed by atoms with van der Waals surface area (Å²) < 4.78 is 27.1. The Morgan fingerprint density at radius 1 is 1.38 bits per heavy atom. The highest BCUT2D eigenvalue weighted by molar-refractivity contribution is 5.29. The van der Waals surface area contributed by atoms with Gasteiger partial charge in [0.1, 0.15) is 11.5 Å². The van der Waals surface area contributed by atoms with E-state index in [-0.39, 0.29) is 11.2 Å². The summed E-state index contributed by atoms with van der Waals surface area (Å²) in [7, 11) is 0. The van der Waals surface area contributed by atoms with Crippen LogP contribution in [-0.4, -0.2) is 12.2 Å². The summed E-state index contributed by atoms with van der Waals surface area (Å²) in [4.78, 5) is 0. The van der Waals surface area contributed by atoms with Crippen LogP contribution in [0, 0.1) is 5.82 Å². The molecule has 2 unspecified atom stereocenters. The minimum atomic E-state index is -1.17. The molecule has 0 spiro atoms. The number of benzene rings is 1. The van der Waals surface area contributed by atoms with Gasteiger partial charge in [0.15, 0.2) is 0 Å². The van der Waals surface area contributed by atoms with Crippen LogP contribution in [0.25, 0.3) is 0 Å². The van der Waals surface area contributed by atoms with Crippen molar-refractivity contribution in [3.05, 3.63) is 35.6 Å². The molecule has 16 heavy (non-hydrogen) atoms. The van der Waals surface area contributed by atoms with Gasteiger partial charge in [0, 0.05) is 12.0 Å². The fourth-order valence-electron chi connectivity index (χ4n) is 2.74. The molecule has 88 valence electrons. The number of alkyl halides is 1. The largest absolute Gasteiger partial charge is 0.330 e. The number of hydrogen-bond donors (Lipinski definition) is 1. The lowest BCUT2D eigenvalue weighted by atomic mass is 9.78. The number of rotatable bonds is 2. The van der Waals surface area contributed by atoms with Crippen molar-refractivity contribution in [2.45, 2.75) is 37.3 Å². The van der Waals surface area contributed by atoms with Gasteiger partial charge in [-0.05, 0) is 43.9 Å². The first-order chi connectivity index (χ1) is 7.47. The molecule has 2 atom stereocenters. The quantitative estimate of drug-likeness (QED) is 0.822. The highest BCUT2D eigenvalue weighted by Crippen LogP contribution is 2.47. The van der Waals surface area contributed by atoms with Gasteiger partial charge in [0.05, 0.1) is 0 Å². The maximum Gasteiger partial charge on any atom is 0.123 e.